The lowest BCUT2D eigenvalue weighted by Crippen LogP contribution is -2.54. The van der Waals surface area contributed by atoms with Gasteiger partial charge < -0.3 is 34.3 Å². The summed E-state index contributed by atoms with van der Waals surface area (Å²) in [6, 6.07) is 1.62. The van der Waals surface area contributed by atoms with Gasteiger partial charge in [0.25, 0.3) is 11.8 Å². The highest BCUT2D eigenvalue weighted by Gasteiger charge is 2.32. The van der Waals surface area contributed by atoms with Gasteiger partial charge in [-0.05, 0) is 0 Å². The standard InChI is InChI=1S/C24H28F2N4O8/c1-28-14-29-2-3-35-4-5-36-6-7-37-8-9-38-19-11-15(25)10-18(26)16(19)12-27-23(33)17-13-30(29)20(24(28)34)22(32)21(17)31/h10-11,13,32H,2-9,12,14H2,1H3,(H,27,33). The maximum absolute atomic E-state index is 14.6. The Morgan fingerprint density at radius 3 is 2.32 bits per heavy atom. The quantitative estimate of drug-likeness (QED) is 0.482. The number of benzene rings is 1. The van der Waals surface area contributed by atoms with Gasteiger partial charge in [0.05, 0.1) is 46.2 Å². The fourth-order valence-corrected chi connectivity index (χ4v) is 3.98. The molecule has 0 fully saturated rings. The molecule has 12 nitrogen and oxygen atoms in total. The van der Waals surface area contributed by atoms with Crippen molar-refractivity contribution in [2.45, 2.75) is 6.54 Å². The summed E-state index contributed by atoms with van der Waals surface area (Å²) in [5.74, 6) is -4.43. The number of hydrogen-bond acceptors (Lipinski definition) is 9. The lowest BCUT2D eigenvalue weighted by molar-refractivity contribution is 0.00952. The largest absolute Gasteiger partial charge is 0.502 e. The summed E-state index contributed by atoms with van der Waals surface area (Å²) in [4.78, 5) is 39.8. The van der Waals surface area contributed by atoms with Crippen molar-refractivity contribution in [3.8, 4) is 11.5 Å². The number of aromatic nitrogens is 1. The highest BCUT2D eigenvalue weighted by molar-refractivity contribution is 5.99. The van der Waals surface area contributed by atoms with E-state index in [0.717, 1.165) is 12.3 Å². The van der Waals surface area contributed by atoms with Gasteiger partial charge in [0.15, 0.2) is 11.4 Å². The number of pyridine rings is 1. The lowest BCUT2D eigenvalue weighted by atomic mass is 10.1. The number of nitrogens with one attached hydrogen (secondary N) is 1. The second-order valence-corrected chi connectivity index (χ2v) is 8.52. The first-order valence-corrected chi connectivity index (χ1v) is 11.9. The Hall–Kier alpha value is -3.75. The van der Waals surface area contributed by atoms with Gasteiger partial charge >= 0.3 is 0 Å². The van der Waals surface area contributed by atoms with Gasteiger partial charge in [0.1, 0.15) is 36.2 Å². The zero-order valence-electron chi connectivity index (χ0n) is 20.7. The third kappa shape index (κ3) is 6.03. The molecule has 38 heavy (non-hydrogen) atoms. The molecule has 0 spiro atoms. The molecular weight excluding hydrogens is 510 g/mol. The Bertz CT molecular complexity index is 1250. The molecule has 2 N–H and O–H groups in total. The SMILES string of the molecule is CN1CN2CCOCCOCCOCCOc3cc(F)cc(F)c3CNC(=O)c3cn2c(c(O)c3=O)C1=O. The number of halogens is 2. The van der Waals surface area contributed by atoms with Gasteiger partial charge in [-0.25, -0.2) is 8.78 Å². The van der Waals surface area contributed by atoms with Gasteiger partial charge in [0.2, 0.25) is 5.43 Å². The van der Waals surface area contributed by atoms with Crippen molar-refractivity contribution >= 4 is 11.8 Å². The van der Waals surface area contributed by atoms with Crippen LogP contribution in [0.15, 0.2) is 23.1 Å². The molecule has 2 aromatic rings. The van der Waals surface area contributed by atoms with Crippen LogP contribution in [0.1, 0.15) is 26.4 Å². The Morgan fingerprint density at radius 1 is 0.947 bits per heavy atom. The summed E-state index contributed by atoms with van der Waals surface area (Å²) in [6.07, 6.45) is 1.14. The maximum Gasteiger partial charge on any atom is 0.277 e. The van der Waals surface area contributed by atoms with Crippen LogP contribution in [0.25, 0.3) is 0 Å². The van der Waals surface area contributed by atoms with Crippen LogP contribution in [0, 0.1) is 11.6 Å². The van der Waals surface area contributed by atoms with Crippen LogP contribution < -0.4 is 20.5 Å². The van der Waals surface area contributed by atoms with Crippen LogP contribution in [0.5, 0.6) is 11.5 Å². The molecule has 0 saturated heterocycles. The van der Waals surface area contributed by atoms with E-state index in [9.17, 15) is 28.3 Å². The Labute approximate surface area is 216 Å². The number of aromatic hydroxyl groups is 1. The third-order valence-corrected chi connectivity index (χ3v) is 5.91. The lowest BCUT2D eigenvalue weighted by Gasteiger charge is -2.38. The smallest absolute Gasteiger partial charge is 0.277 e. The molecule has 2 aliphatic rings. The molecule has 0 radical (unpaired) electrons. The molecular formula is C24H28F2N4O8. The molecule has 0 unspecified atom stereocenters. The van der Waals surface area contributed by atoms with E-state index in [4.69, 9.17) is 18.9 Å². The van der Waals surface area contributed by atoms with Crippen molar-refractivity contribution in [1.29, 1.82) is 0 Å². The van der Waals surface area contributed by atoms with E-state index in [1.165, 1.54) is 16.6 Å². The van der Waals surface area contributed by atoms with Crippen molar-refractivity contribution < 1.29 is 42.4 Å². The first-order chi connectivity index (χ1) is 18.3. The van der Waals surface area contributed by atoms with E-state index in [2.05, 4.69) is 5.32 Å². The number of amides is 2. The number of hydrogen-bond donors (Lipinski definition) is 2. The van der Waals surface area contributed by atoms with E-state index in [-0.39, 0.29) is 63.3 Å². The summed E-state index contributed by atoms with van der Waals surface area (Å²) >= 11 is 0. The molecule has 206 valence electrons. The molecule has 0 aliphatic carbocycles. The second-order valence-electron chi connectivity index (χ2n) is 8.52. The molecule has 0 atom stereocenters. The number of fused-ring (bicyclic) bond motifs is 2. The van der Waals surface area contributed by atoms with Gasteiger partial charge in [0, 0.05) is 37.5 Å². The highest BCUT2D eigenvalue weighted by Crippen LogP contribution is 2.24. The fraction of sp³-hybridized carbons (Fsp3) is 0.458. The molecule has 1 aromatic heterocycles. The third-order valence-electron chi connectivity index (χ3n) is 5.91. The van der Waals surface area contributed by atoms with E-state index in [1.54, 1.807) is 5.01 Å². The van der Waals surface area contributed by atoms with Gasteiger partial charge in [-0.3, -0.25) is 24.1 Å². The molecule has 0 saturated carbocycles. The van der Waals surface area contributed by atoms with Gasteiger partial charge in [-0.15, -0.1) is 0 Å². The summed E-state index contributed by atoms with van der Waals surface area (Å²) in [7, 11) is 1.50. The monoisotopic (exact) mass is 538 g/mol. The van der Waals surface area contributed by atoms with Crippen molar-refractivity contribution in [3.05, 3.63) is 57.0 Å². The number of rotatable bonds is 0. The molecule has 2 amide bonds. The Balaban J connectivity index is 1.66. The van der Waals surface area contributed by atoms with Crippen molar-refractivity contribution in [2.24, 2.45) is 0 Å². The minimum Gasteiger partial charge on any atom is -0.502 e. The van der Waals surface area contributed by atoms with E-state index in [1.807, 2.05) is 0 Å². The number of ether oxygens (including phenoxy) is 4. The average Bonchev–Trinajstić information content (AvgIpc) is 2.87. The molecule has 3 heterocycles. The molecule has 1 aromatic carbocycles. The summed E-state index contributed by atoms with van der Waals surface area (Å²) < 4.78 is 51.5. The van der Waals surface area contributed by atoms with Gasteiger partial charge in [-0.2, -0.15) is 0 Å². The van der Waals surface area contributed by atoms with Crippen LogP contribution in [0.4, 0.5) is 8.78 Å². The fourth-order valence-electron chi connectivity index (χ4n) is 3.98. The van der Waals surface area contributed by atoms with E-state index >= 15 is 0 Å². The maximum atomic E-state index is 14.6. The van der Waals surface area contributed by atoms with Crippen molar-refractivity contribution in [1.82, 2.24) is 14.9 Å². The second kappa shape index (κ2) is 12.2. The average molecular weight is 539 g/mol. The predicted molar refractivity (Wildman–Crippen MR) is 128 cm³/mol. The molecule has 14 heteroatoms. The molecule has 2 aliphatic heterocycles. The topological polar surface area (TPSA) is 132 Å². The predicted octanol–water partition coefficient (Wildman–Crippen LogP) is 0.185. The highest BCUT2D eigenvalue weighted by atomic mass is 19.1. The summed E-state index contributed by atoms with van der Waals surface area (Å²) in [5, 5.41) is 14.6. The van der Waals surface area contributed by atoms with Crippen LogP contribution >= 0.6 is 0 Å². The van der Waals surface area contributed by atoms with Crippen molar-refractivity contribution in [3.63, 3.8) is 0 Å². The minimum atomic E-state index is -1.07. The number of nitrogens with zero attached hydrogens (tertiary/aromatic N) is 3. The summed E-state index contributed by atoms with van der Waals surface area (Å²) in [6.45, 7) is 1.38. The normalized spacial score (nSPS) is 18.2. The number of carbonyl (C=O) groups is 2. The Kier molecular flexibility index (Phi) is 8.76. The van der Waals surface area contributed by atoms with E-state index in [0.29, 0.717) is 19.3 Å². The van der Waals surface area contributed by atoms with Crippen LogP contribution in [-0.4, -0.2) is 93.0 Å². The van der Waals surface area contributed by atoms with Crippen LogP contribution in [0.3, 0.4) is 0 Å². The Morgan fingerprint density at radius 2 is 1.61 bits per heavy atom. The van der Waals surface area contributed by atoms with Crippen molar-refractivity contribution in [2.75, 3.05) is 71.5 Å². The molecule has 4 rings (SSSR count). The number of carbonyl (C=O) groups excluding carboxylic acids is 2. The van der Waals surface area contributed by atoms with E-state index < -0.39 is 46.7 Å². The van der Waals surface area contributed by atoms with Crippen LogP contribution in [0.2, 0.25) is 0 Å². The summed E-state index contributed by atoms with van der Waals surface area (Å²) in [5.41, 5.74) is -2.00. The zero-order valence-corrected chi connectivity index (χ0v) is 20.7. The first kappa shape index (κ1) is 27.3. The van der Waals surface area contributed by atoms with Gasteiger partial charge in [-0.1, -0.05) is 0 Å². The zero-order chi connectivity index (χ0) is 27.2. The minimum absolute atomic E-state index is 0.0225. The van der Waals surface area contributed by atoms with Crippen LogP contribution in [-0.2, 0) is 20.8 Å². The molecule has 2 bridgehead atoms. The first-order valence-electron chi connectivity index (χ1n) is 11.9.